The predicted octanol–water partition coefficient (Wildman–Crippen LogP) is 3.30. The van der Waals surface area contributed by atoms with Crippen LogP contribution in [0.2, 0.25) is 5.02 Å². The zero-order valence-corrected chi connectivity index (χ0v) is 18.1. The van der Waals surface area contributed by atoms with Crippen molar-refractivity contribution in [1.82, 2.24) is 4.31 Å². The minimum atomic E-state index is -4.07. The van der Waals surface area contributed by atoms with E-state index in [1.165, 1.54) is 24.3 Å². The molecule has 1 fully saturated rings. The minimum absolute atomic E-state index is 0.0264. The second-order valence-corrected chi connectivity index (χ2v) is 9.40. The molecule has 0 N–H and O–H groups in total. The van der Waals surface area contributed by atoms with Gasteiger partial charge in [-0.3, -0.25) is 25.0 Å². The lowest BCUT2D eigenvalue weighted by Crippen LogP contribution is -2.40. The molecule has 1 aliphatic rings. The molecule has 1 aliphatic heterocycles. The molecule has 0 atom stereocenters. The first-order valence-corrected chi connectivity index (χ1v) is 11.3. The van der Waals surface area contributed by atoms with Crippen molar-refractivity contribution < 1.29 is 27.8 Å². The topological polar surface area (TPSA) is 150 Å². The van der Waals surface area contributed by atoms with Gasteiger partial charge in [-0.1, -0.05) is 11.6 Å². The molecule has 0 amide bonds. The van der Waals surface area contributed by atoms with E-state index in [1.54, 1.807) is 0 Å². The summed E-state index contributed by atoms with van der Waals surface area (Å²) in [5.74, 6) is -1.01. The maximum Gasteiger partial charge on any atom is 0.309 e. The molecule has 0 radical (unpaired) electrons. The molecule has 0 spiro atoms. The van der Waals surface area contributed by atoms with Gasteiger partial charge in [-0.2, -0.15) is 4.31 Å². The number of nitro benzene ring substituents is 2. The first kappa shape index (κ1) is 23.6. The highest BCUT2D eigenvalue weighted by atomic mass is 35.5. The van der Waals surface area contributed by atoms with E-state index < -0.39 is 37.4 Å². The van der Waals surface area contributed by atoms with E-state index in [0.717, 1.165) is 22.5 Å². The van der Waals surface area contributed by atoms with Gasteiger partial charge in [0.05, 0.1) is 20.8 Å². The van der Waals surface area contributed by atoms with Crippen molar-refractivity contribution in [2.24, 2.45) is 5.92 Å². The molecule has 1 saturated heterocycles. The molecule has 0 aliphatic carbocycles. The first-order valence-electron chi connectivity index (χ1n) is 9.43. The van der Waals surface area contributed by atoms with Crippen LogP contribution in [0.4, 0.5) is 11.4 Å². The summed E-state index contributed by atoms with van der Waals surface area (Å²) in [6.45, 7) is -0.00403. The number of hydrogen-bond donors (Lipinski definition) is 0. The summed E-state index contributed by atoms with van der Waals surface area (Å²) < 4.78 is 32.2. The molecule has 2 aromatic carbocycles. The number of esters is 1. The summed E-state index contributed by atoms with van der Waals surface area (Å²) in [4.78, 5) is 32.4. The molecule has 32 heavy (non-hydrogen) atoms. The van der Waals surface area contributed by atoms with Crippen LogP contribution in [0, 0.1) is 26.1 Å². The van der Waals surface area contributed by atoms with Crippen LogP contribution in [0.25, 0.3) is 0 Å². The lowest BCUT2D eigenvalue weighted by molar-refractivity contribution is -0.385. The molecule has 0 unspecified atom stereocenters. The molecular weight excluding hydrogens is 466 g/mol. The van der Waals surface area contributed by atoms with Gasteiger partial charge in [0.25, 0.3) is 11.4 Å². The number of ether oxygens (including phenoxy) is 1. The standard InChI is InChI=1S/C19H18ClN3O8S/c20-17-6-5-16(23(27)28)11-18(17)32(29,30)21-9-7-14(8-10-21)19(24)31-12-13-1-3-15(4-2-13)22(25)26/h1-6,11,14H,7-10,12H2. The van der Waals surface area contributed by atoms with Gasteiger partial charge in [0.2, 0.25) is 10.0 Å². The predicted molar refractivity (Wildman–Crippen MR) is 112 cm³/mol. The van der Waals surface area contributed by atoms with Crippen molar-refractivity contribution in [1.29, 1.82) is 0 Å². The van der Waals surface area contributed by atoms with Gasteiger partial charge in [-0.05, 0) is 36.6 Å². The number of non-ortho nitro benzene ring substituents is 2. The van der Waals surface area contributed by atoms with E-state index in [0.29, 0.717) is 5.56 Å². The van der Waals surface area contributed by atoms with E-state index >= 15 is 0 Å². The lowest BCUT2D eigenvalue weighted by Gasteiger charge is -2.30. The third-order valence-corrected chi connectivity index (χ3v) is 7.44. The number of sulfonamides is 1. The highest BCUT2D eigenvalue weighted by Gasteiger charge is 2.34. The Bertz CT molecular complexity index is 1150. The number of rotatable bonds is 7. The molecule has 0 bridgehead atoms. The van der Waals surface area contributed by atoms with E-state index in [9.17, 15) is 33.4 Å². The number of nitrogens with zero attached hydrogens (tertiary/aromatic N) is 3. The quantitative estimate of drug-likeness (QED) is 0.330. The summed E-state index contributed by atoms with van der Waals surface area (Å²) in [6, 6.07) is 8.80. The Balaban J connectivity index is 1.59. The second kappa shape index (κ2) is 9.59. The molecule has 11 nitrogen and oxygen atoms in total. The van der Waals surface area contributed by atoms with E-state index in [1.807, 2.05) is 0 Å². The fourth-order valence-corrected chi connectivity index (χ4v) is 5.22. The third-order valence-electron chi connectivity index (χ3n) is 5.06. The number of benzene rings is 2. The van der Waals surface area contributed by atoms with Crippen LogP contribution in [0.5, 0.6) is 0 Å². The monoisotopic (exact) mass is 483 g/mol. The molecule has 3 rings (SSSR count). The molecule has 1 heterocycles. The van der Waals surface area contributed by atoms with Crippen molar-refractivity contribution in [2.45, 2.75) is 24.3 Å². The van der Waals surface area contributed by atoms with Crippen molar-refractivity contribution >= 4 is 39.0 Å². The molecule has 2 aromatic rings. The van der Waals surface area contributed by atoms with E-state index in [-0.39, 0.29) is 48.1 Å². The van der Waals surface area contributed by atoms with Crippen molar-refractivity contribution in [3.8, 4) is 0 Å². The number of carbonyl (C=O) groups excluding carboxylic acids is 1. The van der Waals surface area contributed by atoms with Gasteiger partial charge in [0.15, 0.2) is 0 Å². The van der Waals surface area contributed by atoms with Crippen LogP contribution >= 0.6 is 11.6 Å². The van der Waals surface area contributed by atoms with Gasteiger partial charge in [-0.25, -0.2) is 8.42 Å². The fraction of sp³-hybridized carbons (Fsp3) is 0.316. The number of piperidine rings is 1. The van der Waals surface area contributed by atoms with Crippen LogP contribution < -0.4 is 0 Å². The Kier molecular flexibility index (Phi) is 7.06. The van der Waals surface area contributed by atoms with Crippen LogP contribution in [-0.2, 0) is 26.2 Å². The fourth-order valence-electron chi connectivity index (χ4n) is 3.26. The number of carbonyl (C=O) groups is 1. The highest BCUT2D eigenvalue weighted by molar-refractivity contribution is 7.89. The summed E-state index contributed by atoms with van der Waals surface area (Å²) in [7, 11) is -4.07. The van der Waals surface area contributed by atoms with Gasteiger partial charge in [-0.15, -0.1) is 0 Å². The number of hydrogen-bond acceptors (Lipinski definition) is 8. The Hall–Kier alpha value is -3.09. The van der Waals surface area contributed by atoms with Crippen LogP contribution in [0.3, 0.4) is 0 Å². The van der Waals surface area contributed by atoms with Gasteiger partial charge >= 0.3 is 5.97 Å². The molecule has 0 saturated carbocycles. The molecule has 170 valence electrons. The smallest absolute Gasteiger partial charge is 0.309 e. The highest BCUT2D eigenvalue weighted by Crippen LogP contribution is 2.31. The van der Waals surface area contributed by atoms with Crippen molar-refractivity contribution in [2.75, 3.05) is 13.1 Å². The maximum atomic E-state index is 12.9. The zero-order chi connectivity index (χ0) is 23.5. The Labute approximate surface area is 187 Å². The van der Waals surface area contributed by atoms with Crippen molar-refractivity contribution in [3.05, 3.63) is 73.3 Å². The first-order chi connectivity index (χ1) is 15.1. The van der Waals surface area contributed by atoms with Crippen LogP contribution in [0.15, 0.2) is 47.4 Å². The summed E-state index contributed by atoms with van der Waals surface area (Å²) in [6.07, 6.45) is 0.426. The second-order valence-electron chi connectivity index (χ2n) is 7.08. The van der Waals surface area contributed by atoms with Gasteiger partial charge < -0.3 is 4.74 Å². The van der Waals surface area contributed by atoms with Crippen LogP contribution in [0.1, 0.15) is 18.4 Å². The average molecular weight is 484 g/mol. The largest absolute Gasteiger partial charge is 0.461 e. The Morgan fingerprint density at radius 2 is 1.59 bits per heavy atom. The Morgan fingerprint density at radius 3 is 2.16 bits per heavy atom. The maximum absolute atomic E-state index is 12.9. The normalized spacial score (nSPS) is 15.3. The van der Waals surface area contributed by atoms with E-state index in [2.05, 4.69) is 0 Å². The van der Waals surface area contributed by atoms with Crippen LogP contribution in [-0.4, -0.2) is 41.6 Å². The van der Waals surface area contributed by atoms with Crippen molar-refractivity contribution in [3.63, 3.8) is 0 Å². The van der Waals surface area contributed by atoms with Gasteiger partial charge in [0, 0.05) is 37.4 Å². The summed E-state index contributed by atoms with van der Waals surface area (Å²) in [5.41, 5.74) is 0.125. The average Bonchev–Trinajstić information content (AvgIpc) is 2.77. The Morgan fingerprint density at radius 1 is 1.03 bits per heavy atom. The lowest BCUT2D eigenvalue weighted by atomic mass is 9.98. The molecule has 13 heteroatoms. The zero-order valence-electron chi connectivity index (χ0n) is 16.5. The number of nitro groups is 2. The summed E-state index contributed by atoms with van der Waals surface area (Å²) >= 11 is 5.97. The molecular formula is C19H18ClN3O8S. The van der Waals surface area contributed by atoms with E-state index in [4.69, 9.17) is 16.3 Å². The SMILES string of the molecule is O=C(OCc1ccc([N+](=O)[O-])cc1)C1CCN(S(=O)(=O)c2cc([N+](=O)[O-])ccc2Cl)CC1. The summed E-state index contributed by atoms with van der Waals surface area (Å²) in [5, 5.41) is 21.5. The minimum Gasteiger partial charge on any atom is -0.461 e. The third kappa shape index (κ3) is 5.21. The van der Waals surface area contributed by atoms with Gasteiger partial charge in [0.1, 0.15) is 11.5 Å². The number of halogens is 1. The molecule has 0 aromatic heterocycles.